The van der Waals surface area contributed by atoms with E-state index in [9.17, 15) is 4.79 Å². The van der Waals surface area contributed by atoms with Crippen molar-refractivity contribution in [2.75, 3.05) is 13.1 Å². The van der Waals surface area contributed by atoms with Crippen LogP contribution in [0.1, 0.15) is 33.3 Å². The third-order valence-corrected chi connectivity index (χ3v) is 3.17. The molecule has 0 amide bonds. The highest BCUT2D eigenvalue weighted by atomic mass is 16.1. The summed E-state index contributed by atoms with van der Waals surface area (Å²) >= 11 is 0. The molecule has 1 aromatic heterocycles. The highest BCUT2D eigenvalue weighted by Crippen LogP contribution is 2.19. The van der Waals surface area contributed by atoms with Crippen LogP contribution in [-0.4, -0.2) is 28.8 Å². The number of pyridine rings is 1. The van der Waals surface area contributed by atoms with E-state index in [2.05, 4.69) is 16.8 Å². The van der Waals surface area contributed by atoms with E-state index in [0.29, 0.717) is 0 Å². The smallest absolute Gasteiger partial charge is 0.136 e. The lowest BCUT2D eigenvalue weighted by atomic mass is 9.88. The van der Waals surface area contributed by atoms with E-state index in [1.165, 1.54) is 5.56 Å². The van der Waals surface area contributed by atoms with Crippen molar-refractivity contribution in [3.63, 3.8) is 0 Å². The van der Waals surface area contributed by atoms with Crippen LogP contribution in [0.25, 0.3) is 0 Å². The molecule has 3 heteroatoms. The minimum Gasteiger partial charge on any atom is -0.299 e. The minimum atomic E-state index is -0.275. The van der Waals surface area contributed by atoms with Gasteiger partial charge in [0.15, 0.2) is 0 Å². The van der Waals surface area contributed by atoms with E-state index >= 15 is 0 Å². The zero-order valence-electron chi connectivity index (χ0n) is 11.2. The van der Waals surface area contributed by atoms with Gasteiger partial charge in [-0.3, -0.25) is 14.7 Å². The van der Waals surface area contributed by atoms with Crippen molar-refractivity contribution in [3.8, 4) is 0 Å². The molecule has 0 unspecified atom stereocenters. The number of Topliss-reactive ketones (excluding diaryl/α,β-unsaturated/α-hetero) is 1. The Hall–Kier alpha value is -1.22. The maximum Gasteiger partial charge on any atom is 0.136 e. The topological polar surface area (TPSA) is 33.2 Å². The van der Waals surface area contributed by atoms with E-state index < -0.39 is 0 Å². The van der Waals surface area contributed by atoms with Crippen LogP contribution in [0.4, 0.5) is 0 Å². The minimum absolute atomic E-state index is 0.241. The highest BCUT2D eigenvalue weighted by molar-refractivity contribution is 5.81. The molecule has 1 aromatic rings. The molecule has 94 valence electrons. The molecule has 0 radical (unpaired) electrons. The average Bonchev–Trinajstić information content (AvgIpc) is 2.29. The Morgan fingerprint density at radius 2 is 1.94 bits per heavy atom. The van der Waals surface area contributed by atoms with Gasteiger partial charge in [-0.1, -0.05) is 20.8 Å². The fraction of sp³-hybridized carbons (Fsp3) is 0.571. The van der Waals surface area contributed by atoms with Gasteiger partial charge in [-0.15, -0.1) is 0 Å². The molecule has 0 aliphatic rings. The molecule has 0 atom stereocenters. The molecule has 0 saturated carbocycles. The quantitative estimate of drug-likeness (QED) is 0.758. The molecule has 0 N–H and O–H groups in total. The van der Waals surface area contributed by atoms with Crippen LogP contribution in [-0.2, 0) is 11.3 Å². The summed E-state index contributed by atoms with van der Waals surface area (Å²) in [7, 11) is 0. The predicted octanol–water partition coefficient (Wildman–Crippen LogP) is 2.52. The van der Waals surface area contributed by atoms with E-state index in [4.69, 9.17) is 0 Å². The summed E-state index contributed by atoms with van der Waals surface area (Å²) in [5.74, 6) is 0.241. The lowest BCUT2D eigenvalue weighted by Crippen LogP contribution is -2.37. The maximum atomic E-state index is 11.5. The second-order valence-electron chi connectivity index (χ2n) is 5.10. The number of rotatable bonds is 6. The fourth-order valence-electron chi connectivity index (χ4n) is 1.70. The van der Waals surface area contributed by atoms with Gasteiger partial charge in [0.05, 0.1) is 0 Å². The summed E-state index contributed by atoms with van der Waals surface area (Å²) in [5, 5.41) is 0. The SMILES string of the molecule is CCN(Cc1ccncc1)CC(C)(C)C(C)=O. The lowest BCUT2D eigenvalue weighted by Gasteiger charge is -2.30. The van der Waals surface area contributed by atoms with Crippen LogP contribution in [0, 0.1) is 5.41 Å². The molecule has 0 bridgehead atoms. The Morgan fingerprint density at radius 3 is 2.41 bits per heavy atom. The van der Waals surface area contributed by atoms with Crippen LogP contribution in [0.15, 0.2) is 24.5 Å². The van der Waals surface area contributed by atoms with Gasteiger partial charge in [0.2, 0.25) is 0 Å². The summed E-state index contributed by atoms with van der Waals surface area (Å²) < 4.78 is 0. The normalized spacial score (nSPS) is 11.8. The molecule has 1 rings (SSSR count). The Morgan fingerprint density at radius 1 is 1.35 bits per heavy atom. The zero-order chi connectivity index (χ0) is 12.9. The first-order chi connectivity index (χ1) is 7.95. The first-order valence-corrected chi connectivity index (χ1v) is 6.08. The Bertz CT molecular complexity index is 360. The lowest BCUT2D eigenvalue weighted by molar-refractivity contribution is -0.125. The molecule has 0 aliphatic carbocycles. The van der Waals surface area contributed by atoms with Gasteiger partial charge in [0, 0.05) is 30.9 Å². The zero-order valence-corrected chi connectivity index (χ0v) is 11.2. The third kappa shape index (κ3) is 4.27. The van der Waals surface area contributed by atoms with Crippen LogP contribution in [0.2, 0.25) is 0 Å². The third-order valence-electron chi connectivity index (χ3n) is 3.17. The number of hydrogen-bond acceptors (Lipinski definition) is 3. The van der Waals surface area contributed by atoms with E-state index in [-0.39, 0.29) is 11.2 Å². The standard InChI is InChI=1S/C14H22N2O/c1-5-16(11-14(3,4)12(2)17)10-13-6-8-15-9-7-13/h6-9H,5,10-11H2,1-4H3. The second-order valence-corrected chi connectivity index (χ2v) is 5.10. The molecule has 0 spiro atoms. The first kappa shape index (κ1) is 13.8. The summed E-state index contributed by atoms with van der Waals surface area (Å²) in [5.41, 5.74) is 0.962. The van der Waals surface area contributed by atoms with E-state index in [1.54, 1.807) is 19.3 Å². The van der Waals surface area contributed by atoms with Crippen molar-refractivity contribution in [1.82, 2.24) is 9.88 Å². The second kappa shape index (κ2) is 5.92. The monoisotopic (exact) mass is 234 g/mol. The molecule has 0 aliphatic heterocycles. The predicted molar refractivity (Wildman–Crippen MR) is 69.7 cm³/mol. The molecular weight excluding hydrogens is 212 g/mol. The maximum absolute atomic E-state index is 11.5. The number of aromatic nitrogens is 1. The highest BCUT2D eigenvalue weighted by Gasteiger charge is 2.26. The van der Waals surface area contributed by atoms with Crippen molar-refractivity contribution >= 4 is 5.78 Å². The Labute approximate surface area is 104 Å². The first-order valence-electron chi connectivity index (χ1n) is 6.08. The van der Waals surface area contributed by atoms with Crippen molar-refractivity contribution < 1.29 is 4.79 Å². The molecule has 0 saturated heterocycles. The molecule has 0 fully saturated rings. The molecular formula is C14H22N2O. The molecule has 0 aromatic carbocycles. The van der Waals surface area contributed by atoms with Gasteiger partial charge in [-0.05, 0) is 31.2 Å². The average molecular weight is 234 g/mol. The van der Waals surface area contributed by atoms with Gasteiger partial charge in [0.25, 0.3) is 0 Å². The summed E-state index contributed by atoms with van der Waals surface area (Å²) in [4.78, 5) is 17.8. The van der Waals surface area contributed by atoms with Gasteiger partial charge in [0.1, 0.15) is 5.78 Å². The van der Waals surface area contributed by atoms with Gasteiger partial charge >= 0.3 is 0 Å². The number of hydrogen-bond donors (Lipinski definition) is 0. The molecule has 1 heterocycles. The van der Waals surface area contributed by atoms with Crippen LogP contribution >= 0.6 is 0 Å². The molecule has 17 heavy (non-hydrogen) atoms. The van der Waals surface area contributed by atoms with Gasteiger partial charge < -0.3 is 0 Å². The van der Waals surface area contributed by atoms with Crippen molar-refractivity contribution in [2.24, 2.45) is 5.41 Å². The van der Waals surface area contributed by atoms with Crippen molar-refractivity contribution in [1.29, 1.82) is 0 Å². The molecule has 3 nitrogen and oxygen atoms in total. The number of ketones is 1. The van der Waals surface area contributed by atoms with E-state index in [1.807, 2.05) is 26.0 Å². The number of nitrogens with zero attached hydrogens (tertiary/aromatic N) is 2. The Balaban J connectivity index is 2.64. The van der Waals surface area contributed by atoms with Crippen LogP contribution in [0.5, 0.6) is 0 Å². The van der Waals surface area contributed by atoms with Crippen LogP contribution < -0.4 is 0 Å². The van der Waals surface area contributed by atoms with Crippen molar-refractivity contribution in [2.45, 2.75) is 34.2 Å². The van der Waals surface area contributed by atoms with E-state index in [0.717, 1.165) is 19.6 Å². The van der Waals surface area contributed by atoms with Gasteiger partial charge in [-0.2, -0.15) is 0 Å². The van der Waals surface area contributed by atoms with Crippen LogP contribution in [0.3, 0.4) is 0 Å². The van der Waals surface area contributed by atoms with Crippen molar-refractivity contribution in [3.05, 3.63) is 30.1 Å². The number of carbonyl (C=O) groups is 1. The summed E-state index contributed by atoms with van der Waals surface area (Å²) in [6, 6.07) is 4.03. The summed E-state index contributed by atoms with van der Waals surface area (Å²) in [6.07, 6.45) is 3.61. The van der Waals surface area contributed by atoms with Gasteiger partial charge in [-0.25, -0.2) is 0 Å². The fourth-order valence-corrected chi connectivity index (χ4v) is 1.70. The summed E-state index contributed by atoms with van der Waals surface area (Å²) in [6.45, 7) is 10.4. The largest absolute Gasteiger partial charge is 0.299 e. The number of carbonyl (C=O) groups excluding carboxylic acids is 1. The Kier molecular flexibility index (Phi) is 4.82.